The maximum absolute atomic E-state index is 10.4. The summed E-state index contributed by atoms with van der Waals surface area (Å²) >= 11 is 0. The molecule has 2 atom stereocenters. The minimum Gasteiger partial charge on any atom is -0.388 e. The Kier molecular flexibility index (Phi) is 4.23. The third-order valence-corrected chi connectivity index (χ3v) is 3.55. The lowest BCUT2D eigenvalue weighted by atomic mass is 9.91. The Bertz CT molecular complexity index is 505. The largest absolute Gasteiger partial charge is 0.388 e. The van der Waals surface area contributed by atoms with E-state index >= 15 is 0 Å². The smallest absolute Gasteiger partial charge is 0.0855 e. The molecule has 1 N–H and O–H groups in total. The Morgan fingerprint density at radius 2 is 1.42 bits per heavy atom. The summed E-state index contributed by atoms with van der Waals surface area (Å²) in [4.78, 5) is 2.07. The average Bonchev–Trinajstić information content (AvgIpc) is 2.46. The minimum atomic E-state index is -0.466. The van der Waals surface area contributed by atoms with E-state index in [4.69, 9.17) is 0 Å². The molecule has 0 amide bonds. The molecular formula is C17H21NO. The molecule has 0 aliphatic rings. The van der Waals surface area contributed by atoms with Gasteiger partial charge in [0.2, 0.25) is 0 Å². The number of anilines is 1. The highest BCUT2D eigenvalue weighted by molar-refractivity contribution is 5.46. The van der Waals surface area contributed by atoms with Crippen LogP contribution in [0, 0.1) is 0 Å². The highest BCUT2D eigenvalue weighted by Crippen LogP contribution is 2.31. The van der Waals surface area contributed by atoms with Crippen LogP contribution in [0.25, 0.3) is 0 Å². The van der Waals surface area contributed by atoms with Crippen molar-refractivity contribution in [3.8, 4) is 0 Å². The van der Waals surface area contributed by atoms with Crippen LogP contribution in [0.4, 0.5) is 5.69 Å². The number of rotatable bonds is 4. The lowest BCUT2D eigenvalue weighted by molar-refractivity contribution is 0.151. The van der Waals surface area contributed by atoms with E-state index in [-0.39, 0.29) is 5.92 Å². The summed E-state index contributed by atoms with van der Waals surface area (Å²) < 4.78 is 0. The molecule has 0 fully saturated rings. The molecule has 100 valence electrons. The van der Waals surface area contributed by atoms with E-state index in [1.54, 1.807) is 0 Å². The molecule has 0 aliphatic carbocycles. The first-order valence-electron chi connectivity index (χ1n) is 6.60. The molecule has 0 heterocycles. The van der Waals surface area contributed by atoms with Gasteiger partial charge in [-0.3, -0.25) is 0 Å². The second kappa shape index (κ2) is 5.89. The van der Waals surface area contributed by atoms with E-state index in [2.05, 4.69) is 36.1 Å². The summed E-state index contributed by atoms with van der Waals surface area (Å²) in [5, 5.41) is 10.4. The number of aliphatic hydroxyl groups excluding tert-OH is 1. The fourth-order valence-corrected chi connectivity index (χ4v) is 2.20. The Balaban J connectivity index is 2.17. The van der Waals surface area contributed by atoms with Crippen LogP contribution in [0.5, 0.6) is 0 Å². The maximum Gasteiger partial charge on any atom is 0.0855 e. The van der Waals surface area contributed by atoms with Gasteiger partial charge in [-0.15, -0.1) is 0 Å². The van der Waals surface area contributed by atoms with Gasteiger partial charge in [0.15, 0.2) is 0 Å². The van der Waals surface area contributed by atoms with Gasteiger partial charge >= 0.3 is 0 Å². The van der Waals surface area contributed by atoms with Crippen molar-refractivity contribution in [1.29, 1.82) is 0 Å². The van der Waals surface area contributed by atoms with E-state index in [0.29, 0.717) is 0 Å². The standard InChI is InChI=1S/C17H21NO/c1-13(17(19)15-7-5-4-6-8-15)14-9-11-16(12-10-14)18(2)3/h4-13,17,19H,1-3H3. The molecule has 19 heavy (non-hydrogen) atoms. The van der Waals surface area contributed by atoms with Crippen LogP contribution >= 0.6 is 0 Å². The summed E-state index contributed by atoms with van der Waals surface area (Å²) in [7, 11) is 4.05. The molecule has 0 saturated carbocycles. The van der Waals surface area contributed by atoms with Crippen LogP contribution in [0.3, 0.4) is 0 Å². The molecule has 0 spiro atoms. The molecule has 2 nitrogen and oxygen atoms in total. The third-order valence-electron chi connectivity index (χ3n) is 3.55. The van der Waals surface area contributed by atoms with Gasteiger partial charge in [-0.2, -0.15) is 0 Å². The molecule has 0 saturated heterocycles. The van der Waals surface area contributed by atoms with Gasteiger partial charge in [0.25, 0.3) is 0 Å². The summed E-state index contributed by atoms with van der Waals surface area (Å²) in [6.07, 6.45) is -0.466. The van der Waals surface area contributed by atoms with Gasteiger partial charge in [-0.1, -0.05) is 49.4 Å². The Morgan fingerprint density at radius 3 is 1.95 bits per heavy atom. The van der Waals surface area contributed by atoms with Crippen LogP contribution in [-0.4, -0.2) is 19.2 Å². The number of benzene rings is 2. The van der Waals surface area contributed by atoms with Gasteiger partial charge in [-0.25, -0.2) is 0 Å². The van der Waals surface area contributed by atoms with Crippen molar-refractivity contribution in [2.75, 3.05) is 19.0 Å². The van der Waals surface area contributed by atoms with E-state index in [1.807, 2.05) is 44.4 Å². The number of hydrogen-bond acceptors (Lipinski definition) is 2. The molecule has 2 aromatic rings. The van der Waals surface area contributed by atoms with Gasteiger partial charge in [0.1, 0.15) is 0 Å². The predicted molar refractivity (Wildman–Crippen MR) is 80.6 cm³/mol. The van der Waals surface area contributed by atoms with Crippen LogP contribution in [0.15, 0.2) is 54.6 Å². The second-order valence-electron chi connectivity index (χ2n) is 5.13. The average molecular weight is 255 g/mol. The Labute approximate surface area is 115 Å². The SMILES string of the molecule is CC(c1ccc(N(C)C)cc1)C(O)c1ccccc1. The summed E-state index contributed by atoms with van der Waals surface area (Å²) in [5.74, 6) is 0.0820. The molecule has 2 rings (SSSR count). The topological polar surface area (TPSA) is 23.5 Å². The molecular weight excluding hydrogens is 234 g/mol. The molecule has 2 aromatic carbocycles. The molecule has 0 aromatic heterocycles. The first-order valence-corrected chi connectivity index (χ1v) is 6.60. The van der Waals surface area contributed by atoms with Gasteiger partial charge in [0.05, 0.1) is 6.10 Å². The van der Waals surface area contributed by atoms with Crippen molar-refractivity contribution in [3.05, 3.63) is 65.7 Å². The quantitative estimate of drug-likeness (QED) is 0.902. The Morgan fingerprint density at radius 1 is 0.842 bits per heavy atom. The number of nitrogens with zero attached hydrogens (tertiary/aromatic N) is 1. The summed E-state index contributed by atoms with van der Waals surface area (Å²) in [6.45, 7) is 2.06. The van der Waals surface area contributed by atoms with Crippen molar-refractivity contribution >= 4 is 5.69 Å². The lowest BCUT2D eigenvalue weighted by Gasteiger charge is -2.21. The molecule has 2 heteroatoms. The molecule has 0 aliphatic heterocycles. The fraction of sp³-hybridized carbons (Fsp3) is 0.294. The first-order chi connectivity index (χ1) is 9.09. The molecule has 2 unspecified atom stereocenters. The van der Waals surface area contributed by atoms with Gasteiger partial charge in [-0.05, 0) is 23.3 Å². The van der Waals surface area contributed by atoms with Crippen molar-refractivity contribution in [3.63, 3.8) is 0 Å². The van der Waals surface area contributed by atoms with E-state index < -0.39 is 6.10 Å². The van der Waals surface area contributed by atoms with Crippen LogP contribution in [0.1, 0.15) is 30.1 Å². The summed E-state index contributed by atoms with van der Waals surface area (Å²) in [5.41, 5.74) is 3.29. The normalized spacial score (nSPS) is 13.9. The van der Waals surface area contributed by atoms with E-state index in [9.17, 15) is 5.11 Å². The van der Waals surface area contributed by atoms with E-state index in [0.717, 1.165) is 11.1 Å². The fourth-order valence-electron chi connectivity index (χ4n) is 2.20. The zero-order chi connectivity index (χ0) is 13.8. The van der Waals surface area contributed by atoms with Crippen LogP contribution in [0.2, 0.25) is 0 Å². The van der Waals surface area contributed by atoms with Crippen LogP contribution in [-0.2, 0) is 0 Å². The van der Waals surface area contributed by atoms with Crippen molar-refractivity contribution in [1.82, 2.24) is 0 Å². The zero-order valence-electron chi connectivity index (χ0n) is 11.7. The van der Waals surface area contributed by atoms with Crippen LogP contribution < -0.4 is 4.90 Å². The van der Waals surface area contributed by atoms with Crippen molar-refractivity contribution in [2.24, 2.45) is 0 Å². The first kappa shape index (κ1) is 13.6. The summed E-state index contributed by atoms with van der Waals surface area (Å²) in [6, 6.07) is 18.2. The van der Waals surface area contributed by atoms with Crippen molar-refractivity contribution in [2.45, 2.75) is 18.9 Å². The number of aliphatic hydroxyl groups is 1. The highest BCUT2D eigenvalue weighted by Gasteiger charge is 2.17. The minimum absolute atomic E-state index is 0.0820. The van der Waals surface area contributed by atoms with Gasteiger partial charge < -0.3 is 10.0 Å². The van der Waals surface area contributed by atoms with Crippen molar-refractivity contribution < 1.29 is 5.11 Å². The molecule has 0 radical (unpaired) electrons. The highest BCUT2D eigenvalue weighted by atomic mass is 16.3. The Hall–Kier alpha value is -1.80. The molecule has 0 bridgehead atoms. The monoisotopic (exact) mass is 255 g/mol. The second-order valence-corrected chi connectivity index (χ2v) is 5.13. The van der Waals surface area contributed by atoms with E-state index in [1.165, 1.54) is 5.69 Å². The third kappa shape index (κ3) is 3.15. The zero-order valence-corrected chi connectivity index (χ0v) is 11.7. The van der Waals surface area contributed by atoms with Gasteiger partial charge in [0, 0.05) is 25.7 Å². The number of hydrogen-bond donors (Lipinski definition) is 1. The predicted octanol–water partition coefficient (Wildman–Crippen LogP) is 3.59. The maximum atomic E-state index is 10.4. The lowest BCUT2D eigenvalue weighted by Crippen LogP contribution is -2.10.